The zero-order chi connectivity index (χ0) is 12.7. The van der Waals surface area contributed by atoms with Crippen LogP contribution in [0.25, 0.3) is 0 Å². The maximum atomic E-state index is 3.80. The summed E-state index contributed by atoms with van der Waals surface area (Å²) in [5.74, 6) is 0. The standard InChI is InChI=1S/C15H25N3/c1-11-9-13(12(2)17(11)3)10-16-14-6-8-18-7-4-5-15(14)18/h9,14-16H,4-8,10H2,1-3H3. The van der Waals surface area contributed by atoms with Gasteiger partial charge in [0, 0.05) is 43.6 Å². The summed E-state index contributed by atoms with van der Waals surface area (Å²) in [5, 5.41) is 3.80. The maximum Gasteiger partial charge on any atom is 0.0250 e. The molecule has 0 amide bonds. The van der Waals surface area contributed by atoms with E-state index in [4.69, 9.17) is 0 Å². The second-order valence-electron chi connectivity index (χ2n) is 5.98. The summed E-state index contributed by atoms with van der Waals surface area (Å²) in [6, 6.07) is 3.85. The molecule has 3 heteroatoms. The summed E-state index contributed by atoms with van der Waals surface area (Å²) < 4.78 is 2.29. The van der Waals surface area contributed by atoms with E-state index < -0.39 is 0 Å². The predicted molar refractivity (Wildman–Crippen MR) is 74.7 cm³/mol. The van der Waals surface area contributed by atoms with Crippen molar-refractivity contribution in [2.75, 3.05) is 13.1 Å². The topological polar surface area (TPSA) is 20.2 Å². The molecule has 3 nitrogen and oxygen atoms in total. The van der Waals surface area contributed by atoms with E-state index in [1.807, 2.05) is 0 Å². The Labute approximate surface area is 110 Å². The van der Waals surface area contributed by atoms with Gasteiger partial charge in [-0.1, -0.05) is 0 Å². The average Bonchev–Trinajstić information content (AvgIpc) is 3.00. The molecule has 1 aromatic heterocycles. The third kappa shape index (κ3) is 1.99. The number of rotatable bonds is 3. The normalized spacial score (nSPS) is 27.9. The van der Waals surface area contributed by atoms with Crippen LogP contribution in [0.1, 0.15) is 36.2 Å². The van der Waals surface area contributed by atoms with E-state index in [1.54, 1.807) is 0 Å². The molecule has 0 spiro atoms. The van der Waals surface area contributed by atoms with Gasteiger partial charge in [-0.3, -0.25) is 4.90 Å². The van der Waals surface area contributed by atoms with Gasteiger partial charge in [0.2, 0.25) is 0 Å². The van der Waals surface area contributed by atoms with Crippen LogP contribution >= 0.6 is 0 Å². The number of nitrogens with zero attached hydrogens (tertiary/aromatic N) is 2. The second-order valence-corrected chi connectivity index (χ2v) is 5.98. The van der Waals surface area contributed by atoms with Crippen molar-refractivity contribution >= 4 is 0 Å². The fraction of sp³-hybridized carbons (Fsp3) is 0.733. The van der Waals surface area contributed by atoms with Gasteiger partial charge in [-0.05, 0) is 51.3 Å². The molecule has 0 radical (unpaired) electrons. The molecule has 18 heavy (non-hydrogen) atoms. The van der Waals surface area contributed by atoms with Crippen molar-refractivity contribution in [1.82, 2.24) is 14.8 Å². The first-order valence-corrected chi connectivity index (χ1v) is 7.26. The van der Waals surface area contributed by atoms with E-state index in [0.29, 0.717) is 6.04 Å². The molecule has 1 N–H and O–H groups in total. The number of aryl methyl sites for hydroxylation is 1. The van der Waals surface area contributed by atoms with Gasteiger partial charge in [0.05, 0.1) is 0 Å². The molecule has 2 saturated heterocycles. The monoisotopic (exact) mass is 247 g/mol. The fourth-order valence-electron chi connectivity index (χ4n) is 3.67. The summed E-state index contributed by atoms with van der Waals surface area (Å²) in [5.41, 5.74) is 4.23. The van der Waals surface area contributed by atoms with Crippen LogP contribution in [0.15, 0.2) is 6.07 Å². The zero-order valence-corrected chi connectivity index (χ0v) is 11.9. The van der Waals surface area contributed by atoms with E-state index >= 15 is 0 Å². The lowest BCUT2D eigenvalue weighted by atomic mass is 10.1. The number of hydrogen-bond acceptors (Lipinski definition) is 2. The lowest BCUT2D eigenvalue weighted by Crippen LogP contribution is -2.38. The molecule has 2 aliphatic heterocycles. The van der Waals surface area contributed by atoms with Gasteiger partial charge in [0.1, 0.15) is 0 Å². The van der Waals surface area contributed by atoms with Crippen LogP contribution in [0, 0.1) is 13.8 Å². The molecular formula is C15H25N3. The van der Waals surface area contributed by atoms with Crippen LogP contribution in [0.3, 0.4) is 0 Å². The SMILES string of the molecule is Cc1cc(CNC2CCN3CCCC23)c(C)n1C. The number of fused-ring (bicyclic) bond motifs is 1. The first kappa shape index (κ1) is 12.2. The Morgan fingerprint density at radius 1 is 1.28 bits per heavy atom. The summed E-state index contributed by atoms with van der Waals surface area (Å²) in [6.45, 7) is 8.06. The van der Waals surface area contributed by atoms with Crippen LogP contribution in [-0.2, 0) is 13.6 Å². The van der Waals surface area contributed by atoms with Crippen molar-refractivity contribution in [2.45, 2.75) is 51.7 Å². The molecule has 0 aliphatic carbocycles. The predicted octanol–water partition coefficient (Wildman–Crippen LogP) is 1.97. The molecule has 2 unspecified atom stereocenters. The van der Waals surface area contributed by atoms with E-state index in [1.165, 1.54) is 49.3 Å². The molecule has 3 heterocycles. The highest BCUT2D eigenvalue weighted by Crippen LogP contribution is 2.28. The molecule has 0 saturated carbocycles. The van der Waals surface area contributed by atoms with E-state index in [2.05, 4.69) is 41.7 Å². The maximum absolute atomic E-state index is 3.80. The van der Waals surface area contributed by atoms with Crippen molar-refractivity contribution in [3.8, 4) is 0 Å². The molecule has 2 atom stereocenters. The van der Waals surface area contributed by atoms with Gasteiger partial charge in [-0.25, -0.2) is 0 Å². The van der Waals surface area contributed by atoms with Crippen LogP contribution in [0.4, 0.5) is 0 Å². The summed E-state index contributed by atoms with van der Waals surface area (Å²) >= 11 is 0. The van der Waals surface area contributed by atoms with Crippen molar-refractivity contribution in [3.63, 3.8) is 0 Å². The smallest absolute Gasteiger partial charge is 0.0250 e. The Balaban J connectivity index is 1.62. The van der Waals surface area contributed by atoms with Crippen molar-refractivity contribution in [3.05, 3.63) is 23.0 Å². The molecule has 100 valence electrons. The molecule has 0 bridgehead atoms. The van der Waals surface area contributed by atoms with Crippen molar-refractivity contribution in [2.24, 2.45) is 7.05 Å². The molecule has 3 rings (SSSR count). The lowest BCUT2D eigenvalue weighted by molar-refractivity contribution is 0.298. The van der Waals surface area contributed by atoms with Crippen LogP contribution in [-0.4, -0.2) is 34.6 Å². The Morgan fingerprint density at radius 2 is 2.11 bits per heavy atom. The summed E-state index contributed by atoms with van der Waals surface area (Å²) in [7, 11) is 2.16. The van der Waals surface area contributed by atoms with Gasteiger partial charge in [-0.2, -0.15) is 0 Å². The number of aromatic nitrogens is 1. The molecular weight excluding hydrogens is 222 g/mol. The highest BCUT2D eigenvalue weighted by molar-refractivity contribution is 5.26. The van der Waals surface area contributed by atoms with Gasteiger partial charge >= 0.3 is 0 Å². The van der Waals surface area contributed by atoms with Crippen molar-refractivity contribution < 1.29 is 0 Å². The minimum Gasteiger partial charge on any atom is -0.352 e. The van der Waals surface area contributed by atoms with Gasteiger partial charge in [-0.15, -0.1) is 0 Å². The van der Waals surface area contributed by atoms with Crippen LogP contribution in [0.5, 0.6) is 0 Å². The van der Waals surface area contributed by atoms with Gasteiger partial charge in [0.15, 0.2) is 0 Å². The minimum absolute atomic E-state index is 0.715. The molecule has 1 aromatic rings. The Kier molecular flexibility index (Phi) is 3.20. The van der Waals surface area contributed by atoms with E-state index in [-0.39, 0.29) is 0 Å². The third-order valence-electron chi connectivity index (χ3n) is 5.04. The molecule has 2 aliphatic rings. The van der Waals surface area contributed by atoms with Crippen LogP contribution in [0.2, 0.25) is 0 Å². The van der Waals surface area contributed by atoms with Crippen LogP contribution < -0.4 is 5.32 Å². The quantitative estimate of drug-likeness (QED) is 0.881. The molecule has 2 fully saturated rings. The summed E-state index contributed by atoms with van der Waals surface area (Å²) in [6.07, 6.45) is 4.12. The minimum atomic E-state index is 0.715. The first-order chi connectivity index (χ1) is 8.66. The third-order valence-corrected chi connectivity index (χ3v) is 5.04. The number of nitrogens with one attached hydrogen (secondary N) is 1. The molecule has 0 aromatic carbocycles. The van der Waals surface area contributed by atoms with Gasteiger partial charge < -0.3 is 9.88 Å². The van der Waals surface area contributed by atoms with E-state index in [0.717, 1.165) is 12.6 Å². The van der Waals surface area contributed by atoms with E-state index in [9.17, 15) is 0 Å². The fourth-order valence-corrected chi connectivity index (χ4v) is 3.67. The van der Waals surface area contributed by atoms with Gasteiger partial charge in [0.25, 0.3) is 0 Å². The largest absolute Gasteiger partial charge is 0.352 e. The van der Waals surface area contributed by atoms with Crippen molar-refractivity contribution in [1.29, 1.82) is 0 Å². The highest BCUT2D eigenvalue weighted by Gasteiger charge is 2.36. The Bertz CT molecular complexity index is 435. The highest BCUT2D eigenvalue weighted by atomic mass is 15.2. The average molecular weight is 247 g/mol. The lowest BCUT2D eigenvalue weighted by Gasteiger charge is -2.21. The first-order valence-electron chi connectivity index (χ1n) is 7.26. The number of hydrogen-bond donors (Lipinski definition) is 1. The Hall–Kier alpha value is -0.800. The summed E-state index contributed by atoms with van der Waals surface area (Å²) in [4.78, 5) is 2.67. The zero-order valence-electron chi connectivity index (χ0n) is 11.9. The second kappa shape index (κ2) is 4.71. The Morgan fingerprint density at radius 3 is 2.83 bits per heavy atom.